The van der Waals surface area contributed by atoms with Crippen LogP contribution in [-0.4, -0.2) is 32.3 Å². The fourth-order valence-corrected chi connectivity index (χ4v) is 2.42. The maximum atomic E-state index is 5.92. The van der Waals surface area contributed by atoms with Crippen LogP contribution in [0.15, 0.2) is 12.3 Å². The highest BCUT2D eigenvalue weighted by Gasteiger charge is 2.37. The molecule has 4 nitrogen and oxygen atoms in total. The van der Waals surface area contributed by atoms with Gasteiger partial charge in [-0.2, -0.15) is 0 Å². The van der Waals surface area contributed by atoms with Crippen LogP contribution in [0.5, 0.6) is 5.75 Å². The molecule has 0 aliphatic carbocycles. The Morgan fingerprint density at radius 3 is 2.88 bits per heavy atom. The van der Waals surface area contributed by atoms with Crippen molar-refractivity contribution in [2.75, 3.05) is 27.3 Å². The normalized spacial score (nSPS) is 24.6. The summed E-state index contributed by atoms with van der Waals surface area (Å²) in [5.74, 6) is 0.683. The summed E-state index contributed by atoms with van der Waals surface area (Å²) in [5, 5.41) is 3.91. The quantitative estimate of drug-likeness (QED) is 0.898. The molecule has 17 heavy (non-hydrogen) atoms. The smallest absolute Gasteiger partial charge is 0.144 e. The molecular formula is C12H17ClN2O2. The lowest BCUT2D eigenvalue weighted by Gasteiger charge is -2.36. The molecule has 1 atom stereocenters. The Morgan fingerprint density at radius 1 is 1.47 bits per heavy atom. The second-order valence-electron chi connectivity index (χ2n) is 4.18. The van der Waals surface area contributed by atoms with Gasteiger partial charge in [0.25, 0.3) is 0 Å². The van der Waals surface area contributed by atoms with Crippen LogP contribution in [0, 0.1) is 0 Å². The van der Waals surface area contributed by atoms with E-state index in [1.165, 1.54) is 0 Å². The van der Waals surface area contributed by atoms with Crippen LogP contribution in [0.2, 0.25) is 5.02 Å². The topological polar surface area (TPSA) is 43.4 Å². The van der Waals surface area contributed by atoms with Gasteiger partial charge in [0, 0.05) is 25.9 Å². The Morgan fingerprint density at radius 2 is 2.29 bits per heavy atom. The highest BCUT2D eigenvalue weighted by molar-refractivity contribution is 6.30. The van der Waals surface area contributed by atoms with E-state index in [9.17, 15) is 0 Å². The molecule has 1 aromatic heterocycles. The number of aromatic nitrogens is 1. The van der Waals surface area contributed by atoms with Crippen molar-refractivity contribution in [3.05, 3.63) is 23.0 Å². The van der Waals surface area contributed by atoms with Crippen LogP contribution in [0.1, 0.15) is 18.5 Å². The monoisotopic (exact) mass is 256 g/mol. The van der Waals surface area contributed by atoms with Crippen LogP contribution < -0.4 is 10.1 Å². The van der Waals surface area contributed by atoms with Crippen LogP contribution in [0.4, 0.5) is 0 Å². The van der Waals surface area contributed by atoms with Gasteiger partial charge in [0.05, 0.1) is 12.1 Å². The van der Waals surface area contributed by atoms with Crippen molar-refractivity contribution < 1.29 is 9.47 Å². The highest BCUT2D eigenvalue weighted by Crippen LogP contribution is 2.37. The third-order valence-corrected chi connectivity index (χ3v) is 3.41. The van der Waals surface area contributed by atoms with Gasteiger partial charge < -0.3 is 14.8 Å². The van der Waals surface area contributed by atoms with Crippen molar-refractivity contribution in [1.29, 1.82) is 0 Å². The Hall–Kier alpha value is -0.840. The number of hydrogen-bond acceptors (Lipinski definition) is 4. The molecule has 1 unspecified atom stereocenters. The summed E-state index contributed by atoms with van der Waals surface area (Å²) in [7, 11) is 3.33. The van der Waals surface area contributed by atoms with Gasteiger partial charge in [-0.3, -0.25) is 4.98 Å². The molecule has 2 rings (SSSR count). The second kappa shape index (κ2) is 5.21. The van der Waals surface area contributed by atoms with Gasteiger partial charge in [0.1, 0.15) is 17.0 Å². The summed E-state index contributed by atoms with van der Waals surface area (Å²) < 4.78 is 11.1. The van der Waals surface area contributed by atoms with Crippen LogP contribution >= 0.6 is 11.6 Å². The number of rotatable bonds is 3. The predicted molar refractivity (Wildman–Crippen MR) is 66.6 cm³/mol. The number of ether oxygens (including phenoxy) is 2. The molecule has 0 amide bonds. The largest absolute Gasteiger partial charge is 0.495 e. The summed E-state index contributed by atoms with van der Waals surface area (Å²) in [6, 6.07) is 1.78. The fraction of sp³-hybridized carbons (Fsp3) is 0.583. The van der Waals surface area contributed by atoms with Gasteiger partial charge in [0.2, 0.25) is 0 Å². The van der Waals surface area contributed by atoms with Gasteiger partial charge in [0.15, 0.2) is 0 Å². The minimum Gasteiger partial charge on any atom is -0.495 e. The summed E-state index contributed by atoms with van der Waals surface area (Å²) in [4.78, 5) is 4.39. The number of piperidine rings is 1. The Balaban J connectivity index is 2.42. The summed E-state index contributed by atoms with van der Waals surface area (Å²) in [6.45, 7) is 1.76. The molecule has 0 spiro atoms. The van der Waals surface area contributed by atoms with E-state index in [-0.39, 0.29) is 0 Å². The molecule has 1 aromatic rings. The first-order chi connectivity index (χ1) is 8.22. The van der Waals surface area contributed by atoms with Crippen molar-refractivity contribution in [2.45, 2.75) is 18.4 Å². The minimum atomic E-state index is -0.409. The zero-order valence-corrected chi connectivity index (χ0v) is 10.9. The average molecular weight is 257 g/mol. The lowest BCUT2D eigenvalue weighted by atomic mass is 9.89. The van der Waals surface area contributed by atoms with Crippen LogP contribution in [-0.2, 0) is 10.3 Å². The van der Waals surface area contributed by atoms with Gasteiger partial charge in [-0.1, -0.05) is 11.6 Å². The van der Waals surface area contributed by atoms with Crippen molar-refractivity contribution in [3.63, 3.8) is 0 Å². The lowest BCUT2D eigenvalue weighted by molar-refractivity contribution is -0.0383. The maximum absolute atomic E-state index is 5.92. The molecule has 1 aliphatic rings. The number of pyridine rings is 1. The summed E-state index contributed by atoms with van der Waals surface area (Å²) in [6.07, 6.45) is 3.62. The van der Waals surface area contributed by atoms with Gasteiger partial charge in [-0.15, -0.1) is 0 Å². The molecule has 2 heterocycles. The van der Waals surface area contributed by atoms with Crippen molar-refractivity contribution in [3.8, 4) is 5.75 Å². The molecule has 1 aliphatic heterocycles. The molecule has 0 saturated carbocycles. The highest BCUT2D eigenvalue weighted by atomic mass is 35.5. The average Bonchev–Trinajstić information content (AvgIpc) is 2.39. The number of hydrogen-bond donors (Lipinski definition) is 1. The number of nitrogens with zero attached hydrogens (tertiary/aromatic N) is 1. The standard InChI is InChI=1S/C12H17ClN2O2/c1-16-10-6-9(13)7-15-11(10)12(17-2)4-3-5-14-8-12/h6-7,14H,3-5,8H2,1-2H3. The predicted octanol–water partition coefficient (Wildman–Crippen LogP) is 1.97. The second-order valence-corrected chi connectivity index (χ2v) is 4.62. The number of halogens is 1. The fourth-order valence-electron chi connectivity index (χ4n) is 2.27. The number of methoxy groups -OCH3 is 2. The van der Waals surface area contributed by atoms with E-state index in [1.807, 2.05) is 0 Å². The maximum Gasteiger partial charge on any atom is 0.144 e. The first kappa shape index (κ1) is 12.6. The van der Waals surface area contributed by atoms with Crippen molar-refractivity contribution >= 4 is 11.6 Å². The Kier molecular flexibility index (Phi) is 3.86. The van der Waals surface area contributed by atoms with Crippen LogP contribution in [0.3, 0.4) is 0 Å². The van der Waals surface area contributed by atoms with Crippen LogP contribution in [0.25, 0.3) is 0 Å². The molecule has 1 fully saturated rings. The molecule has 1 N–H and O–H groups in total. The summed E-state index contributed by atoms with van der Waals surface area (Å²) >= 11 is 5.92. The molecule has 94 valence electrons. The molecular weight excluding hydrogens is 240 g/mol. The van der Waals surface area contributed by atoms with E-state index in [1.54, 1.807) is 26.5 Å². The van der Waals surface area contributed by atoms with E-state index < -0.39 is 5.60 Å². The first-order valence-electron chi connectivity index (χ1n) is 5.68. The van der Waals surface area contributed by atoms with Gasteiger partial charge >= 0.3 is 0 Å². The minimum absolute atomic E-state index is 0.409. The van der Waals surface area contributed by atoms with Gasteiger partial charge in [-0.25, -0.2) is 0 Å². The molecule has 0 aromatic carbocycles. The molecule has 5 heteroatoms. The SMILES string of the molecule is COc1cc(Cl)cnc1C1(OC)CCCNC1. The third-order valence-electron chi connectivity index (χ3n) is 3.21. The van der Waals surface area contributed by atoms with Crippen molar-refractivity contribution in [1.82, 2.24) is 10.3 Å². The Labute approximate surface area is 106 Å². The first-order valence-corrected chi connectivity index (χ1v) is 6.05. The number of nitrogens with one attached hydrogen (secondary N) is 1. The zero-order valence-electron chi connectivity index (χ0n) is 10.1. The molecule has 1 saturated heterocycles. The Bertz CT molecular complexity index is 392. The van der Waals surface area contributed by atoms with E-state index in [4.69, 9.17) is 21.1 Å². The molecule has 0 radical (unpaired) electrons. The van der Waals surface area contributed by atoms with Gasteiger partial charge in [-0.05, 0) is 19.4 Å². The van der Waals surface area contributed by atoms with E-state index in [0.29, 0.717) is 10.8 Å². The van der Waals surface area contributed by atoms with Crippen molar-refractivity contribution in [2.24, 2.45) is 0 Å². The molecule has 0 bridgehead atoms. The van der Waals surface area contributed by atoms with E-state index in [2.05, 4.69) is 10.3 Å². The van der Waals surface area contributed by atoms with E-state index in [0.717, 1.165) is 31.6 Å². The van der Waals surface area contributed by atoms with E-state index >= 15 is 0 Å². The third kappa shape index (κ3) is 2.39. The lowest BCUT2D eigenvalue weighted by Crippen LogP contribution is -2.45. The zero-order chi connectivity index (χ0) is 12.3. The summed E-state index contributed by atoms with van der Waals surface area (Å²) in [5.41, 5.74) is 0.410.